The molecule has 11 heteroatoms. The fraction of sp³-hybridized carbons (Fsp3) is 0.455. The number of aromatic hydroxyl groups is 1. The Bertz CT molecular complexity index is 1550. The minimum atomic E-state index is -0.151. The molecule has 2 fully saturated rings. The van der Waals surface area contributed by atoms with Gasteiger partial charge in [-0.05, 0) is 30.9 Å². The van der Waals surface area contributed by atoms with Gasteiger partial charge in [-0.15, -0.1) is 0 Å². The SMILES string of the molecule is C=CC(=O)N1CCN(c2nc(O[C@H](C)CN3CCN(C(C)=O)CC3)nc3c2CCN(c2cc(O)cc4ccccc24)C3)CC1. The van der Waals surface area contributed by atoms with Gasteiger partial charge in [-0.3, -0.25) is 14.5 Å². The zero-order valence-electron chi connectivity index (χ0n) is 25.6. The molecule has 0 aliphatic carbocycles. The summed E-state index contributed by atoms with van der Waals surface area (Å²) in [6, 6.07) is 12.1. The number of hydrogen-bond acceptors (Lipinski definition) is 9. The Balaban J connectivity index is 1.26. The Morgan fingerprint density at radius 3 is 2.43 bits per heavy atom. The van der Waals surface area contributed by atoms with E-state index in [-0.39, 0.29) is 23.7 Å². The van der Waals surface area contributed by atoms with Gasteiger partial charge < -0.3 is 29.4 Å². The summed E-state index contributed by atoms with van der Waals surface area (Å²) >= 11 is 0. The van der Waals surface area contributed by atoms with E-state index in [1.807, 2.05) is 41.0 Å². The number of piperazine rings is 2. The number of anilines is 2. The molecule has 3 aliphatic heterocycles. The highest BCUT2D eigenvalue weighted by Gasteiger charge is 2.30. The highest BCUT2D eigenvalue weighted by atomic mass is 16.5. The number of phenolic OH excluding ortho intramolecular Hbond substituents is 1. The highest BCUT2D eigenvalue weighted by molar-refractivity contribution is 5.95. The number of carbonyl (C=O) groups excluding carboxylic acids is 2. The molecule has 0 unspecified atom stereocenters. The van der Waals surface area contributed by atoms with Crippen LogP contribution in [0.15, 0.2) is 49.1 Å². The normalized spacial score (nSPS) is 18.2. The van der Waals surface area contributed by atoms with Crippen LogP contribution in [0, 0.1) is 0 Å². The first-order valence-electron chi connectivity index (χ1n) is 15.5. The van der Waals surface area contributed by atoms with Gasteiger partial charge in [0.25, 0.3) is 0 Å². The maximum absolute atomic E-state index is 12.2. The minimum absolute atomic E-state index is 0.0506. The predicted octanol–water partition coefficient (Wildman–Crippen LogP) is 2.66. The Morgan fingerprint density at radius 1 is 0.977 bits per heavy atom. The van der Waals surface area contributed by atoms with Crippen LogP contribution in [0.3, 0.4) is 0 Å². The van der Waals surface area contributed by atoms with E-state index in [0.717, 1.165) is 72.7 Å². The average molecular weight is 600 g/mol. The molecule has 0 bridgehead atoms. The summed E-state index contributed by atoms with van der Waals surface area (Å²) in [7, 11) is 0. The molecule has 1 atom stereocenters. The van der Waals surface area contributed by atoms with Crippen LogP contribution in [0.4, 0.5) is 11.5 Å². The molecule has 6 rings (SSSR count). The van der Waals surface area contributed by atoms with E-state index in [2.05, 4.69) is 27.3 Å². The fourth-order valence-electron chi connectivity index (χ4n) is 6.54. The van der Waals surface area contributed by atoms with Crippen molar-refractivity contribution in [3.05, 3.63) is 60.3 Å². The molecular weight excluding hydrogens is 558 g/mol. The fourth-order valence-corrected chi connectivity index (χ4v) is 6.54. The van der Waals surface area contributed by atoms with Crippen molar-refractivity contribution in [3.63, 3.8) is 0 Å². The summed E-state index contributed by atoms with van der Waals surface area (Å²) in [5.41, 5.74) is 2.99. The molecule has 1 N–H and O–H groups in total. The standard InChI is InChI=1S/C33H41N7O4/c1-4-31(43)38-15-17-39(18-16-38)32-28-9-10-40(30-20-26(42)19-25-7-5-6-8-27(25)30)22-29(28)34-33(35-32)44-23(2)21-36-11-13-37(14-12-36)24(3)41/h4-8,19-20,23,42H,1,9-18,21-22H2,2-3H3/t23-/m1/s1. The predicted molar refractivity (Wildman–Crippen MR) is 170 cm³/mol. The minimum Gasteiger partial charge on any atom is -0.508 e. The Hall–Kier alpha value is -4.38. The Kier molecular flexibility index (Phi) is 8.56. The van der Waals surface area contributed by atoms with Gasteiger partial charge in [0.15, 0.2) is 0 Å². The molecule has 0 radical (unpaired) electrons. The van der Waals surface area contributed by atoms with Crippen LogP contribution < -0.4 is 14.5 Å². The molecule has 4 heterocycles. The van der Waals surface area contributed by atoms with E-state index in [1.165, 1.54) is 6.08 Å². The molecule has 44 heavy (non-hydrogen) atoms. The number of rotatable bonds is 7. The van der Waals surface area contributed by atoms with Crippen molar-refractivity contribution in [1.29, 1.82) is 0 Å². The number of carbonyl (C=O) groups is 2. The van der Waals surface area contributed by atoms with Crippen molar-refractivity contribution in [1.82, 2.24) is 24.7 Å². The quantitative estimate of drug-likeness (QED) is 0.411. The Labute approximate surface area is 258 Å². The van der Waals surface area contributed by atoms with E-state index < -0.39 is 0 Å². The lowest BCUT2D eigenvalue weighted by molar-refractivity contribution is -0.130. The maximum atomic E-state index is 12.2. The van der Waals surface area contributed by atoms with Crippen LogP contribution in [0.2, 0.25) is 0 Å². The molecule has 2 aromatic carbocycles. The van der Waals surface area contributed by atoms with Gasteiger partial charge in [-0.2, -0.15) is 9.97 Å². The van der Waals surface area contributed by atoms with Crippen molar-refractivity contribution < 1.29 is 19.4 Å². The first-order chi connectivity index (χ1) is 21.3. The first-order valence-corrected chi connectivity index (χ1v) is 15.5. The molecule has 3 aliphatic rings. The van der Waals surface area contributed by atoms with E-state index in [9.17, 15) is 14.7 Å². The number of phenols is 1. The first kappa shape index (κ1) is 29.7. The van der Waals surface area contributed by atoms with Crippen LogP contribution in [0.25, 0.3) is 10.8 Å². The van der Waals surface area contributed by atoms with Crippen LogP contribution >= 0.6 is 0 Å². The number of aromatic nitrogens is 2. The molecule has 11 nitrogen and oxygen atoms in total. The van der Waals surface area contributed by atoms with E-state index >= 15 is 0 Å². The summed E-state index contributed by atoms with van der Waals surface area (Å²) in [5.74, 6) is 1.18. The molecule has 1 aromatic heterocycles. The van der Waals surface area contributed by atoms with Crippen molar-refractivity contribution >= 4 is 34.1 Å². The summed E-state index contributed by atoms with van der Waals surface area (Å²) in [4.78, 5) is 44.4. The summed E-state index contributed by atoms with van der Waals surface area (Å²) in [5, 5.41) is 12.6. The van der Waals surface area contributed by atoms with Crippen LogP contribution in [0.1, 0.15) is 25.1 Å². The zero-order valence-corrected chi connectivity index (χ0v) is 25.6. The van der Waals surface area contributed by atoms with Crippen LogP contribution in [-0.4, -0.2) is 113 Å². The summed E-state index contributed by atoms with van der Waals surface area (Å²) in [6.07, 6.45) is 1.97. The smallest absolute Gasteiger partial charge is 0.318 e. The van der Waals surface area contributed by atoms with Crippen molar-refractivity contribution in [3.8, 4) is 11.8 Å². The second kappa shape index (κ2) is 12.7. The molecule has 2 saturated heterocycles. The molecule has 0 spiro atoms. The van der Waals surface area contributed by atoms with E-state index in [4.69, 9.17) is 14.7 Å². The van der Waals surface area contributed by atoms with Crippen molar-refractivity contribution in [2.45, 2.75) is 32.9 Å². The molecule has 3 aromatic rings. The van der Waals surface area contributed by atoms with Crippen LogP contribution in [0.5, 0.6) is 11.8 Å². The van der Waals surface area contributed by atoms with Gasteiger partial charge in [-0.25, -0.2) is 0 Å². The van der Waals surface area contributed by atoms with Gasteiger partial charge in [0, 0.05) is 95.1 Å². The number of benzene rings is 2. The van der Waals surface area contributed by atoms with Gasteiger partial charge in [0.2, 0.25) is 11.8 Å². The lowest BCUT2D eigenvalue weighted by Crippen LogP contribution is -2.50. The monoisotopic (exact) mass is 599 g/mol. The number of hydrogen-bond donors (Lipinski definition) is 1. The van der Waals surface area contributed by atoms with Gasteiger partial charge in [0.05, 0.1) is 12.2 Å². The van der Waals surface area contributed by atoms with E-state index in [0.29, 0.717) is 45.3 Å². The van der Waals surface area contributed by atoms with Crippen molar-refractivity contribution in [2.75, 3.05) is 75.2 Å². The van der Waals surface area contributed by atoms with Gasteiger partial charge in [0.1, 0.15) is 17.7 Å². The number of nitrogens with zero attached hydrogens (tertiary/aromatic N) is 7. The lowest BCUT2D eigenvalue weighted by Gasteiger charge is -2.38. The second-order valence-electron chi connectivity index (χ2n) is 11.9. The van der Waals surface area contributed by atoms with Gasteiger partial charge in [-0.1, -0.05) is 30.8 Å². The van der Waals surface area contributed by atoms with Crippen LogP contribution in [-0.2, 0) is 22.6 Å². The Morgan fingerprint density at radius 2 is 1.70 bits per heavy atom. The maximum Gasteiger partial charge on any atom is 0.318 e. The second-order valence-corrected chi connectivity index (χ2v) is 11.9. The average Bonchev–Trinajstić information content (AvgIpc) is 3.03. The third kappa shape index (κ3) is 6.28. The molecular formula is C33H41N7O4. The third-order valence-electron chi connectivity index (χ3n) is 8.89. The van der Waals surface area contributed by atoms with E-state index in [1.54, 1.807) is 13.0 Å². The third-order valence-corrected chi connectivity index (χ3v) is 8.89. The lowest BCUT2D eigenvalue weighted by atomic mass is 10.0. The largest absolute Gasteiger partial charge is 0.508 e. The number of amides is 2. The molecule has 0 saturated carbocycles. The summed E-state index contributed by atoms with van der Waals surface area (Å²) < 4.78 is 6.39. The summed E-state index contributed by atoms with van der Waals surface area (Å²) in [6.45, 7) is 14.9. The zero-order chi connectivity index (χ0) is 30.8. The van der Waals surface area contributed by atoms with Gasteiger partial charge >= 0.3 is 6.01 Å². The number of fused-ring (bicyclic) bond motifs is 2. The molecule has 2 amide bonds. The van der Waals surface area contributed by atoms with Crippen molar-refractivity contribution in [2.24, 2.45) is 0 Å². The number of ether oxygens (including phenoxy) is 1. The highest BCUT2D eigenvalue weighted by Crippen LogP contribution is 2.36. The molecule has 232 valence electrons. The topological polar surface area (TPSA) is 106 Å².